The number of aromatic amines is 1. The average Bonchev–Trinajstić information content (AvgIpc) is 2.75. The fraction of sp³-hybridized carbons (Fsp3) is 0. The lowest BCUT2D eigenvalue weighted by molar-refractivity contribution is 1.34. The van der Waals surface area contributed by atoms with Crippen LogP contribution < -0.4 is 0 Å². The molecule has 2 aromatic carbocycles. The number of fused-ring (bicyclic) bond motifs is 1. The molecule has 0 radical (unpaired) electrons. The maximum absolute atomic E-state index is 6.15. The van der Waals surface area contributed by atoms with Gasteiger partial charge in [-0.3, -0.25) is 0 Å². The van der Waals surface area contributed by atoms with Gasteiger partial charge in [0, 0.05) is 10.6 Å². The summed E-state index contributed by atoms with van der Waals surface area (Å²) in [5.74, 6) is 0.626. The van der Waals surface area contributed by atoms with Crippen LogP contribution in [0.3, 0.4) is 0 Å². The number of nitrogens with zero attached hydrogens (tertiary/aromatic N) is 1. The predicted octanol–water partition coefficient (Wildman–Crippen LogP) is 5.84. The largest absolute Gasteiger partial charge is 0.338 e. The highest BCUT2D eigenvalue weighted by Gasteiger charge is 2.11. The lowest BCUT2D eigenvalue weighted by atomic mass is 10.2. The van der Waals surface area contributed by atoms with Crippen LogP contribution in [-0.2, 0) is 0 Å². The van der Waals surface area contributed by atoms with Gasteiger partial charge < -0.3 is 4.98 Å². The summed E-state index contributed by atoms with van der Waals surface area (Å²) in [6.07, 6.45) is 0. The van der Waals surface area contributed by atoms with Gasteiger partial charge in [-0.15, -0.1) is 0 Å². The Kier molecular flexibility index (Phi) is 3.35. The number of H-pyrrole nitrogens is 1. The molecule has 0 aliphatic heterocycles. The summed E-state index contributed by atoms with van der Waals surface area (Å²) in [6.45, 7) is 0. The van der Waals surface area contributed by atoms with Gasteiger partial charge in [0.1, 0.15) is 5.82 Å². The van der Waals surface area contributed by atoms with Crippen LogP contribution in [0.5, 0.6) is 0 Å². The molecule has 1 N–H and O–H groups in total. The lowest BCUT2D eigenvalue weighted by Gasteiger charge is -2.00. The molecule has 3 rings (SSSR count). The normalized spacial score (nSPS) is 11.2. The molecule has 1 heterocycles. The summed E-state index contributed by atoms with van der Waals surface area (Å²) >= 11 is 24.1. The number of aromatic nitrogens is 2. The molecule has 0 aliphatic carbocycles. The number of hydrogen-bond donors (Lipinski definition) is 1. The van der Waals surface area contributed by atoms with E-state index < -0.39 is 0 Å². The van der Waals surface area contributed by atoms with E-state index in [1.807, 2.05) is 0 Å². The van der Waals surface area contributed by atoms with Crippen LogP contribution in [0.2, 0.25) is 20.1 Å². The van der Waals surface area contributed by atoms with Crippen LogP contribution in [0.25, 0.3) is 22.4 Å². The smallest absolute Gasteiger partial charge is 0.140 e. The summed E-state index contributed by atoms with van der Waals surface area (Å²) in [5.41, 5.74) is 2.25. The number of benzene rings is 2. The molecular weight excluding hydrogens is 326 g/mol. The van der Waals surface area contributed by atoms with Gasteiger partial charge in [0.25, 0.3) is 0 Å². The topological polar surface area (TPSA) is 28.7 Å². The molecule has 0 saturated carbocycles. The second-order valence-corrected chi connectivity index (χ2v) is 5.65. The van der Waals surface area contributed by atoms with Crippen molar-refractivity contribution in [2.75, 3.05) is 0 Å². The summed E-state index contributed by atoms with van der Waals surface area (Å²) in [4.78, 5) is 7.60. The first-order chi connectivity index (χ1) is 9.04. The van der Waals surface area contributed by atoms with Crippen molar-refractivity contribution in [1.82, 2.24) is 9.97 Å². The summed E-state index contributed by atoms with van der Waals surface area (Å²) in [7, 11) is 0. The van der Waals surface area contributed by atoms with E-state index in [1.54, 1.807) is 30.3 Å². The predicted molar refractivity (Wildman–Crippen MR) is 81.6 cm³/mol. The minimum atomic E-state index is 0.462. The SMILES string of the molecule is Clc1ccc(Cl)c(-c2nc3cc(Cl)c(Cl)cc3[nH]2)c1. The molecule has 0 aliphatic rings. The highest BCUT2D eigenvalue weighted by atomic mass is 35.5. The van der Waals surface area contributed by atoms with Gasteiger partial charge in [-0.1, -0.05) is 46.4 Å². The van der Waals surface area contributed by atoms with E-state index in [2.05, 4.69) is 9.97 Å². The molecule has 0 spiro atoms. The Morgan fingerprint density at radius 3 is 2.37 bits per heavy atom. The van der Waals surface area contributed by atoms with Gasteiger partial charge >= 0.3 is 0 Å². The van der Waals surface area contributed by atoms with Crippen LogP contribution in [0, 0.1) is 0 Å². The van der Waals surface area contributed by atoms with Gasteiger partial charge in [-0.05, 0) is 30.3 Å². The summed E-state index contributed by atoms with van der Waals surface area (Å²) in [5, 5.41) is 2.10. The van der Waals surface area contributed by atoms with Crippen molar-refractivity contribution in [3.05, 3.63) is 50.4 Å². The van der Waals surface area contributed by atoms with Gasteiger partial charge in [0.2, 0.25) is 0 Å². The quantitative estimate of drug-likeness (QED) is 0.595. The van der Waals surface area contributed by atoms with Crippen molar-refractivity contribution in [3.63, 3.8) is 0 Å². The third-order valence-corrected chi connectivity index (χ3v) is 3.99. The first-order valence-electron chi connectivity index (χ1n) is 5.35. The van der Waals surface area contributed by atoms with E-state index in [4.69, 9.17) is 46.4 Å². The van der Waals surface area contributed by atoms with Crippen molar-refractivity contribution in [3.8, 4) is 11.4 Å². The van der Waals surface area contributed by atoms with Gasteiger partial charge in [0.05, 0.1) is 26.1 Å². The van der Waals surface area contributed by atoms with Gasteiger partial charge in [-0.25, -0.2) is 4.98 Å². The Hall–Kier alpha value is -0.930. The standard InChI is InChI=1S/C13H6Cl4N2/c14-6-1-2-8(15)7(3-6)13-18-11-4-9(16)10(17)5-12(11)19-13/h1-5H,(H,18,19). The molecule has 0 bridgehead atoms. The summed E-state index contributed by atoms with van der Waals surface area (Å²) in [6, 6.07) is 8.65. The molecule has 0 saturated heterocycles. The van der Waals surface area contributed by atoms with Crippen molar-refractivity contribution in [2.24, 2.45) is 0 Å². The zero-order valence-corrected chi connectivity index (χ0v) is 12.4. The van der Waals surface area contributed by atoms with Crippen LogP contribution in [0.1, 0.15) is 0 Å². The Bertz CT molecular complexity index is 741. The lowest BCUT2D eigenvalue weighted by Crippen LogP contribution is -1.82. The number of halogens is 4. The maximum Gasteiger partial charge on any atom is 0.140 e. The first kappa shape index (κ1) is 13.1. The molecule has 0 unspecified atom stereocenters. The van der Waals surface area contributed by atoms with Gasteiger partial charge in [-0.2, -0.15) is 0 Å². The molecule has 2 nitrogen and oxygen atoms in total. The van der Waals surface area contributed by atoms with E-state index in [1.165, 1.54) is 0 Å². The van der Waals surface area contributed by atoms with Crippen LogP contribution in [-0.4, -0.2) is 9.97 Å². The van der Waals surface area contributed by atoms with E-state index >= 15 is 0 Å². The Morgan fingerprint density at radius 2 is 1.58 bits per heavy atom. The fourth-order valence-electron chi connectivity index (χ4n) is 1.81. The van der Waals surface area contributed by atoms with Crippen LogP contribution >= 0.6 is 46.4 Å². The third-order valence-electron chi connectivity index (χ3n) is 2.71. The summed E-state index contributed by atoms with van der Waals surface area (Å²) < 4.78 is 0. The molecule has 96 valence electrons. The van der Waals surface area contributed by atoms with Crippen molar-refractivity contribution >= 4 is 57.4 Å². The fourth-order valence-corrected chi connectivity index (χ4v) is 2.51. The second kappa shape index (κ2) is 4.88. The number of nitrogens with one attached hydrogen (secondary N) is 1. The van der Waals surface area contributed by atoms with Gasteiger partial charge in [0.15, 0.2) is 0 Å². The minimum absolute atomic E-state index is 0.462. The molecule has 19 heavy (non-hydrogen) atoms. The Balaban J connectivity index is 2.23. The highest BCUT2D eigenvalue weighted by molar-refractivity contribution is 6.42. The van der Waals surface area contributed by atoms with E-state index in [9.17, 15) is 0 Å². The molecule has 0 fully saturated rings. The molecule has 6 heteroatoms. The van der Waals surface area contributed by atoms with Crippen molar-refractivity contribution < 1.29 is 0 Å². The zero-order valence-electron chi connectivity index (χ0n) is 9.35. The van der Waals surface area contributed by atoms with Crippen molar-refractivity contribution in [1.29, 1.82) is 0 Å². The molecule has 1 aromatic heterocycles. The average molecular weight is 332 g/mol. The Morgan fingerprint density at radius 1 is 0.842 bits per heavy atom. The number of rotatable bonds is 1. The number of hydrogen-bond acceptors (Lipinski definition) is 1. The molecule has 0 amide bonds. The van der Waals surface area contributed by atoms with Crippen LogP contribution in [0.15, 0.2) is 30.3 Å². The van der Waals surface area contributed by atoms with E-state index in [0.717, 1.165) is 16.6 Å². The van der Waals surface area contributed by atoms with Crippen molar-refractivity contribution in [2.45, 2.75) is 0 Å². The van der Waals surface area contributed by atoms with Crippen LogP contribution in [0.4, 0.5) is 0 Å². The second-order valence-electron chi connectivity index (χ2n) is 3.99. The third kappa shape index (κ3) is 2.41. The molecule has 3 aromatic rings. The zero-order chi connectivity index (χ0) is 13.6. The minimum Gasteiger partial charge on any atom is -0.338 e. The Labute approximate surface area is 129 Å². The molecule has 0 atom stereocenters. The first-order valence-corrected chi connectivity index (χ1v) is 6.86. The number of imidazole rings is 1. The van der Waals surface area contributed by atoms with E-state index in [-0.39, 0.29) is 0 Å². The maximum atomic E-state index is 6.15. The van der Waals surface area contributed by atoms with E-state index in [0.29, 0.717) is 25.9 Å². The monoisotopic (exact) mass is 330 g/mol. The highest BCUT2D eigenvalue weighted by Crippen LogP contribution is 2.32. The molecular formula is C13H6Cl4N2.